The second kappa shape index (κ2) is 7.54. The lowest BCUT2D eigenvalue weighted by Crippen LogP contribution is -2.33. The van der Waals surface area contributed by atoms with Crippen LogP contribution in [0.2, 0.25) is 0 Å². The van der Waals surface area contributed by atoms with Gasteiger partial charge >= 0.3 is 5.69 Å². The molecule has 3 heterocycles. The van der Waals surface area contributed by atoms with E-state index in [1.54, 1.807) is 13.1 Å². The van der Waals surface area contributed by atoms with Gasteiger partial charge in [0.1, 0.15) is 6.23 Å². The van der Waals surface area contributed by atoms with Gasteiger partial charge in [-0.2, -0.15) is 0 Å². The molecule has 3 rings (SSSR count). The molecule has 24 heavy (non-hydrogen) atoms. The highest BCUT2D eigenvalue weighted by Crippen LogP contribution is 2.72. The van der Waals surface area contributed by atoms with Crippen LogP contribution in [0, 0.1) is 6.92 Å². The van der Waals surface area contributed by atoms with Gasteiger partial charge in [-0.3, -0.25) is 14.3 Å². The first-order valence-electron chi connectivity index (χ1n) is 8.17. The molecule has 1 aromatic rings. The third kappa shape index (κ3) is 3.78. The van der Waals surface area contributed by atoms with E-state index in [0.29, 0.717) is 22.5 Å². The summed E-state index contributed by atoms with van der Waals surface area (Å²) in [4.78, 5) is 26.0. The van der Waals surface area contributed by atoms with Crippen LogP contribution in [0.5, 0.6) is 0 Å². The lowest BCUT2D eigenvalue weighted by Gasteiger charge is -2.20. The van der Waals surface area contributed by atoms with E-state index in [2.05, 4.69) is 25.8 Å². The Kier molecular flexibility index (Phi) is 5.82. The predicted molar refractivity (Wildman–Crippen MR) is 101 cm³/mol. The summed E-state index contributed by atoms with van der Waals surface area (Å²) in [5.74, 6) is 0. The van der Waals surface area contributed by atoms with Gasteiger partial charge in [-0.15, -0.1) is 0 Å². The zero-order valence-corrected chi connectivity index (χ0v) is 16.7. The second-order valence-electron chi connectivity index (χ2n) is 6.24. The third-order valence-electron chi connectivity index (χ3n) is 4.43. The fourth-order valence-corrected chi connectivity index (χ4v) is 11.8. The van der Waals surface area contributed by atoms with Gasteiger partial charge in [-0.25, -0.2) is 4.79 Å². The third-order valence-corrected chi connectivity index (χ3v) is 12.0. The molecule has 0 aromatic carbocycles. The summed E-state index contributed by atoms with van der Waals surface area (Å²) in [5.41, 5.74) is -0.271. The van der Waals surface area contributed by atoms with E-state index in [4.69, 9.17) is 9.26 Å². The number of aromatic amines is 1. The Morgan fingerprint density at radius 2 is 2.04 bits per heavy atom. The Bertz CT molecular complexity index is 699. The summed E-state index contributed by atoms with van der Waals surface area (Å²) >= 11 is 3.82. The minimum Gasteiger partial charge on any atom is -0.352 e. The Balaban J connectivity index is 1.74. The van der Waals surface area contributed by atoms with Crippen LogP contribution in [0.25, 0.3) is 0 Å². The van der Waals surface area contributed by atoms with Crippen molar-refractivity contribution in [1.29, 1.82) is 0 Å². The number of ether oxygens (including phenoxy) is 1. The van der Waals surface area contributed by atoms with Crippen LogP contribution < -0.4 is 11.2 Å². The van der Waals surface area contributed by atoms with Crippen molar-refractivity contribution < 1.29 is 9.26 Å². The number of aryl methyl sites for hydroxylation is 1. The van der Waals surface area contributed by atoms with Crippen molar-refractivity contribution in [3.8, 4) is 0 Å². The molecule has 5 atom stereocenters. The maximum atomic E-state index is 12.1. The van der Waals surface area contributed by atoms with E-state index in [-0.39, 0.29) is 24.0 Å². The van der Waals surface area contributed by atoms with E-state index < -0.39 is 12.2 Å². The minimum absolute atomic E-state index is 0.0113. The van der Waals surface area contributed by atoms with Gasteiger partial charge in [0.05, 0.1) is 12.2 Å². The molecule has 6 nitrogen and oxygen atoms in total. The average Bonchev–Trinajstić information content (AvgIpc) is 3.06. The smallest absolute Gasteiger partial charge is 0.330 e. The zero-order valence-electron chi connectivity index (χ0n) is 14.2. The lowest BCUT2D eigenvalue weighted by atomic mass is 10.1. The summed E-state index contributed by atoms with van der Waals surface area (Å²) in [6, 6.07) is 0. The second-order valence-corrected chi connectivity index (χ2v) is 12.8. The quantitative estimate of drug-likeness (QED) is 0.795. The first kappa shape index (κ1) is 18.5. The molecule has 1 N–H and O–H groups in total. The Morgan fingerprint density at radius 3 is 2.67 bits per heavy atom. The van der Waals surface area contributed by atoms with Crippen molar-refractivity contribution in [2.75, 3.05) is 0 Å². The van der Waals surface area contributed by atoms with E-state index in [9.17, 15) is 9.59 Å². The van der Waals surface area contributed by atoms with Crippen LogP contribution in [-0.2, 0) is 9.26 Å². The highest BCUT2D eigenvalue weighted by molar-refractivity contribution is 8.88. The van der Waals surface area contributed by atoms with Gasteiger partial charge in [0.2, 0.25) is 0 Å². The zero-order chi connectivity index (χ0) is 17.4. The summed E-state index contributed by atoms with van der Waals surface area (Å²) in [6.45, 7) is 7.66. The predicted octanol–water partition coefficient (Wildman–Crippen LogP) is 3.41. The van der Waals surface area contributed by atoms with E-state index in [1.807, 2.05) is 22.8 Å². The van der Waals surface area contributed by atoms with Crippen molar-refractivity contribution in [3.05, 3.63) is 32.6 Å². The number of nitrogens with zero attached hydrogens (tertiary/aromatic N) is 1. The normalized spacial score (nSPS) is 36.3. The Labute approximate surface area is 150 Å². The van der Waals surface area contributed by atoms with Gasteiger partial charge in [0, 0.05) is 28.7 Å². The number of H-pyrrole nitrogens is 1. The molecule has 0 spiro atoms. The molecule has 0 bridgehead atoms. The monoisotopic (exact) mass is 390 g/mol. The average molecular weight is 390 g/mol. The van der Waals surface area contributed by atoms with Crippen molar-refractivity contribution in [2.45, 2.75) is 69.5 Å². The van der Waals surface area contributed by atoms with Crippen LogP contribution in [0.15, 0.2) is 15.8 Å². The Morgan fingerprint density at radius 1 is 1.38 bits per heavy atom. The molecular formula is C15H23N2O4PS2. The number of aromatic nitrogens is 2. The van der Waals surface area contributed by atoms with E-state index in [0.717, 1.165) is 6.42 Å². The van der Waals surface area contributed by atoms with Gasteiger partial charge in [0.15, 0.2) is 6.55 Å². The minimum atomic E-state index is -0.566. The molecule has 2 fully saturated rings. The highest BCUT2D eigenvalue weighted by Gasteiger charge is 2.41. The van der Waals surface area contributed by atoms with Crippen molar-refractivity contribution in [2.24, 2.45) is 0 Å². The molecule has 2 aliphatic heterocycles. The number of hydrogen-bond acceptors (Lipinski definition) is 6. The van der Waals surface area contributed by atoms with E-state index >= 15 is 0 Å². The van der Waals surface area contributed by atoms with Gasteiger partial charge in [0.25, 0.3) is 5.56 Å². The summed E-state index contributed by atoms with van der Waals surface area (Å²) in [7, 11) is 0. The van der Waals surface area contributed by atoms with Crippen molar-refractivity contribution in [1.82, 2.24) is 9.55 Å². The molecule has 134 valence electrons. The summed E-state index contributed by atoms with van der Waals surface area (Å²) in [6.07, 6.45) is 2.63. The highest BCUT2D eigenvalue weighted by atomic mass is 33.1. The molecule has 9 heteroatoms. The van der Waals surface area contributed by atoms with Crippen LogP contribution in [0.1, 0.15) is 45.4 Å². The van der Waals surface area contributed by atoms with Gasteiger partial charge in [-0.05, 0) is 13.3 Å². The first-order valence-corrected chi connectivity index (χ1v) is 12.4. The molecule has 0 radical (unpaired) electrons. The van der Waals surface area contributed by atoms with Crippen LogP contribution in [0.3, 0.4) is 0 Å². The Hall–Kier alpha value is -0.270. The molecule has 2 aliphatic rings. The van der Waals surface area contributed by atoms with Crippen LogP contribution in [-0.4, -0.2) is 32.3 Å². The van der Waals surface area contributed by atoms with Crippen molar-refractivity contribution in [3.63, 3.8) is 0 Å². The SMILES string of the molecule is CC[C@H]1O[C@@H](n2cc(C)c(=O)[nH]c2=O)CC1OP1SC(C)C(C)S1. The first-order chi connectivity index (χ1) is 11.4. The van der Waals surface area contributed by atoms with Crippen molar-refractivity contribution >= 4 is 29.3 Å². The molecule has 0 saturated carbocycles. The maximum absolute atomic E-state index is 12.1. The molecular weight excluding hydrogens is 367 g/mol. The number of hydrogen-bond donors (Lipinski definition) is 1. The van der Waals surface area contributed by atoms with Crippen LogP contribution >= 0.6 is 29.3 Å². The largest absolute Gasteiger partial charge is 0.352 e. The molecule has 1 aromatic heterocycles. The molecule has 0 amide bonds. The fraction of sp³-hybridized carbons (Fsp3) is 0.733. The van der Waals surface area contributed by atoms with Crippen LogP contribution in [0.4, 0.5) is 0 Å². The maximum Gasteiger partial charge on any atom is 0.330 e. The topological polar surface area (TPSA) is 73.3 Å². The number of rotatable bonds is 4. The number of nitrogens with one attached hydrogen (secondary N) is 1. The molecule has 2 saturated heterocycles. The summed E-state index contributed by atoms with van der Waals surface area (Å²) in [5, 5.41) is 1.20. The van der Waals surface area contributed by atoms with E-state index in [1.165, 1.54) is 4.57 Å². The van der Waals surface area contributed by atoms with Gasteiger partial charge in [-0.1, -0.05) is 43.5 Å². The van der Waals surface area contributed by atoms with Gasteiger partial charge < -0.3 is 9.26 Å². The molecule has 3 unspecified atom stereocenters. The summed E-state index contributed by atoms with van der Waals surface area (Å²) < 4.78 is 13.9. The fourth-order valence-electron chi connectivity index (χ4n) is 2.77. The standard InChI is InChI=1S/C15H23N2O4PS2/c1-5-11-12(21-22-23-9(3)10(4)24-22)6-13(20-11)17-7-8(2)14(18)16-15(17)19/h7,9-13H,5-6H2,1-4H3,(H,16,18,19)/t9?,10?,11-,12?,13-,22?/m1/s1. The molecule has 0 aliphatic carbocycles. The lowest BCUT2D eigenvalue weighted by molar-refractivity contribution is -0.0163.